The molecule has 1 N–H and O–H groups in total. The van der Waals surface area contributed by atoms with Crippen LogP contribution in [0.4, 0.5) is 5.69 Å². The largest absolute Gasteiger partial charge is 2.00 e. The predicted molar refractivity (Wildman–Crippen MR) is 136 cm³/mol. The Morgan fingerprint density at radius 2 is 0.824 bits per heavy atom. The van der Waals surface area contributed by atoms with Gasteiger partial charge in [0.05, 0.1) is 11.9 Å². The molecule has 0 heterocycles. The number of hydrogen-bond donors (Lipinski definition) is 1. The zero-order valence-electron chi connectivity index (χ0n) is 18.1. The van der Waals surface area contributed by atoms with Crippen LogP contribution in [0.2, 0.25) is 0 Å². The Balaban J connectivity index is 0.000000266. The van der Waals surface area contributed by atoms with Crippen LogP contribution < -0.4 is 15.5 Å². The van der Waals surface area contributed by atoms with Gasteiger partial charge in [-0.2, -0.15) is 0 Å². The molecule has 0 atom stereocenters. The van der Waals surface area contributed by atoms with Gasteiger partial charge in [-0.15, -0.1) is 0 Å². The Labute approximate surface area is 224 Å². The van der Waals surface area contributed by atoms with Gasteiger partial charge >= 0.3 is 27.3 Å². The van der Waals surface area contributed by atoms with Crippen molar-refractivity contribution in [2.45, 2.75) is 0 Å². The van der Waals surface area contributed by atoms with E-state index in [1.54, 1.807) is 36.4 Å². The summed E-state index contributed by atoms with van der Waals surface area (Å²) in [7, 11) is 0. The van der Waals surface area contributed by atoms with E-state index < -0.39 is 11.9 Å². The van der Waals surface area contributed by atoms with E-state index in [2.05, 4.69) is 5.32 Å². The maximum atomic E-state index is 10.1. The number of carboxylic acids is 2. The van der Waals surface area contributed by atoms with Crippen LogP contribution in [0.3, 0.4) is 0 Å². The van der Waals surface area contributed by atoms with Gasteiger partial charge in [-0.1, -0.05) is 121 Å². The van der Waals surface area contributed by atoms with E-state index in [1.165, 1.54) is 24.3 Å². The minimum Gasteiger partial charge on any atom is -0.545 e. The van der Waals surface area contributed by atoms with Gasteiger partial charge in [0.15, 0.2) is 0 Å². The molecule has 5 nitrogen and oxygen atoms in total. The van der Waals surface area contributed by atoms with Crippen LogP contribution in [0.15, 0.2) is 121 Å². The number of carboxylic acid groups (broad SMARTS) is 2. The Morgan fingerprint density at radius 1 is 0.529 bits per heavy atom. The number of hydrogen-bond acceptors (Lipinski definition) is 5. The molecular weight excluding hydrogens is 642 g/mol. The predicted octanol–water partition coefficient (Wildman–Crippen LogP) is 3.19. The zero-order chi connectivity index (χ0) is 23.9. The topological polar surface area (TPSA) is 92.3 Å². The third-order valence-electron chi connectivity index (χ3n) is 4.09. The van der Waals surface area contributed by atoms with Gasteiger partial charge in [0.1, 0.15) is 4.99 Å². The van der Waals surface area contributed by atoms with Crippen LogP contribution in [0.5, 0.6) is 0 Å². The average Bonchev–Trinajstić information content (AvgIpc) is 2.87. The van der Waals surface area contributed by atoms with E-state index in [1.807, 2.05) is 60.7 Å². The minimum atomic E-state index is -1.13. The Bertz CT molecular complexity index is 1090. The van der Waals surface area contributed by atoms with Crippen LogP contribution in [0.1, 0.15) is 26.3 Å². The third-order valence-corrected chi connectivity index (χ3v) is 4.42. The first kappa shape index (κ1) is 28.7. The molecule has 4 rings (SSSR count). The van der Waals surface area contributed by atoms with Crippen molar-refractivity contribution in [1.82, 2.24) is 0 Å². The fourth-order valence-electron chi connectivity index (χ4n) is 2.46. The monoisotopic (exact) mass is 663 g/mol. The normalized spacial score (nSPS) is 8.94. The SMILES string of the molecule is O=C([O-])c1ccccc1.O=C([O-])c1ccccc1.S=C(Nc1ccccc1)c1ccccc1.[Pb+2]. The van der Waals surface area contributed by atoms with E-state index >= 15 is 0 Å². The number of carbonyl (C=O) groups excluding carboxylic acids is 2. The van der Waals surface area contributed by atoms with E-state index in [0.29, 0.717) is 0 Å². The summed E-state index contributed by atoms with van der Waals surface area (Å²) in [5.41, 5.74) is 2.50. The summed E-state index contributed by atoms with van der Waals surface area (Å²) in [6, 6.07) is 36.0. The van der Waals surface area contributed by atoms with Crippen molar-refractivity contribution in [3.63, 3.8) is 0 Å². The number of nitrogens with one attached hydrogen (secondary N) is 1. The van der Waals surface area contributed by atoms with Crippen LogP contribution in [0.25, 0.3) is 0 Å². The number of para-hydroxylation sites is 1. The maximum Gasteiger partial charge on any atom is 2.00 e. The third kappa shape index (κ3) is 11.0. The molecule has 0 aliphatic heterocycles. The molecule has 0 aliphatic carbocycles. The summed E-state index contributed by atoms with van der Waals surface area (Å²) in [4.78, 5) is 20.9. The summed E-state index contributed by atoms with van der Waals surface area (Å²) in [5, 5.41) is 23.4. The molecule has 168 valence electrons. The van der Waals surface area contributed by atoms with Gasteiger partial charge in [0.25, 0.3) is 0 Å². The van der Waals surface area contributed by atoms with Gasteiger partial charge in [0.2, 0.25) is 0 Å². The van der Waals surface area contributed by atoms with Crippen LogP contribution in [0, 0.1) is 0 Å². The number of benzene rings is 4. The number of carbonyl (C=O) groups is 2. The Hall–Kier alpha value is -3.37. The van der Waals surface area contributed by atoms with E-state index in [4.69, 9.17) is 12.2 Å². The Kier molecular flexibility index (Phi) is 13.7. The van der Waals surface area contributed by atoms with Crippen molar-refractivity contribution < 1.29 is 19.8 Å². The molecule has 0 unspecified atom stereocenters. The molecule has 0 aliphatic rings. The van der Waals surface area contributed by atoms with E-state index in [0.717, 1.165) is 16.2 Å². The van der Waals surface area contributed by atoms with E-state index in [9.17, 15) is 19.8 Å². The molecule has 0 amide bonds. The van der Waals surface area contributed by atoms with Gasteiger partial charge < -0.3 is 25.1 Å². The van der Waals surface area contributed by atoms with Crippen molar-refractivity contribution in [3.8, 4) is 0 Å². The van der Waals surface area contributed by atoms with Crippen LogP contribution in [-0.2, 0) is 0 Å². The first-order chi connectivity index (χ1) is 16.0. The summed E-state index contributed by atoms with van der Waals surface area (Å²) in [6.07, 6.45) is 0. The molecule has 0 saturated carbocycles. The van der Waals surface area contributed by atoms with Gasteiger partial charge in [-0.3, -0.25) is 0 Å². The van der Waals surface area contributed by atoms with E-state index in [-0.39, 0.29) is 38.4 Å². The molecule has 34 heavy (non-hydrogen) atoms. The fraction of sp³-hybridized carbons (Fsp3) is 0. The second kappa shape index (κ2) is 16.3. The quantitative estimate of drug-likeness (QED) is 0.267. The first-order valence-electron chi connectivity index (χ1n) is 9.91. The molecule has 0 spiro atoms. The average molecular weight is 663 g/mol. The molecule has 0 fully saturated rings. The van der Waals surface area contributed by atoms with Crippen molar-refractivity contribution in [2.24, 2.45) is 0 Å². The molecule has 4 aromatic carbocycles. The standard InChI is InChI=1S/C13H11NS.2C7H6O2.Pb/c15-13(11-7-3-1-4-8-11)14-12-9-5-2-6-10-12;2*8-7(9)6-4-2-1-3-5-6;/h1-10H,(H,14,15);2*1-5H,(H,8,9);/q;;;+2/p-2. The molecule has 2 radical (unpaired) electrons. The summed E-state index contributed by atoms with van der Waals surface area (Å²) in [5.74, 6) is -2.26. The van der Waals surface area contributed by atoms with Crippen molar-refractivity contribution in [1.29, 1.82) is 0 Å². The number of aromatic carboxylic acids is 2. The summed E-state index contributed by atoms with van der Waals surface area (Å²) in [6.45, 7) is 0. The smallest absolute Gasteiger partial charge is 0.545 e. The molecule has 0 bridgehead atoms. The van der Waals surface area contributed by atoms with Crippen molar-refractivity contribution >= 4 is 62.1 Å². The summed E-state index contributed by atoms with van der Waals surface area (Å²) >= 11 is 5.29. The number of anilines is 1. The zero-order valence-corrected chi connectivity index (χ0v) is 22.8. The second-order valence-electron chi connectivity index (χ2n) is 6.49. The molecule has 7 heteroatoms. The number of thiocarbonyl (C=S) groups is 1. The molecular formula is C27H21NO4PbS. The van der Waals surface area contributed by atoms with Crippen molar-refractivity contribution in [2.75, 3.05) is 5.32 Å². The van der Waals surface area contributed by atoms with Crippen molar-refractivity contribution in [3.05, 3.63) is 138 Å². The summed E-state index contributed by atoms with van der Waals surface area (Å²) < 4.78 is 0. The maximum absolute atomic E-state index is 10.1. The molecule has 0 aromatic heterocycles. The number of rotatable bonds is 4. The molecule has 4 aromatic rings. The van der Waals surface area contributed by atoms with Gasteiger partial charge in [0, 0.05) is 11.3 Å². The first-order valence-corrected chi connectivity index (χ1v) is 10.3. The minimum absolute atomic E-state index is 0. The van der Waals surface area contributed by atoms with Crippen LogP contribution >= 0.6 is 12.2 Å². The Morgan fingerprint density at radius 3 is 1.12 bits per heavy atom. The molecule has 0 saturated heterocycles. The van der Waals surface area contributed by atoms with Crippen LogP contribution in [-0.4, -0.2) is 44.2 Å². The van der Waals surface area contributed by atoms with Gasteiger partial charge in [-0.05, 0) is 23.3 Å². The fourth-order valence-corrected chi connectivity index (χ4v) is 2.72. The van der Waals surface area contributed by atoms with Gasteiger partial charge in [-0.25, -0.2) is 0 Å². The second-order valence-corrected chi connectivity index (χ2v) is 6.90.